The van der Waals surface area contributed by atoms with E-state index in [0.717, 1.165) is 0 Å². The number of carbonyl (C=O) groups is 2. The number of aromatic nitrogens is 2. The second-order valence-electron chi connectivity index (χ2n) is 4.57. The van der Waals surface area contributed by atoms with Crippen molar-refractivity contribution in [2.24, 2.45) is 0 Å². The SMILES string of the molecule is CCn1cc(C(=O)N2CC(C(=O)O)O[C@H](C)C2)cn1. The van der Waals surface area contributed by atoms with E-state index in [9.17, 15) is 9.59 Å². The molecule has 7 nitrogen and oxygen atoms in total. The summed E-state index contributed by atoms with van der Waals surface area (Å²) in [4.78, 5) is 24.7. The smallest absolute Gasteiger partial charge is 0.334 e. The lowest BCUT2D eigenvalue weighted by Crippen LogP contribution is -2.51. The molecule has 1 aromatic heterocycles. The van der Waals surface area contributed by atoms with Crippen LogP contribution in [0.2, 0.25) is 0 Å². The minimum atomic E-state index is -1.05. The Labute approximate surface area is 110 Å². The molecule has 0 aromatic carbocycles. The van der Waals surface area contributed by atoms with Gasteiger partial charge in [-0.3, -0.25) is 9.48 Å². The van der Waals surface area contributed by atoms with E-state index in [-0.39, 0.29) is 18.6 Å². The van der Waals surface area contributed by atoms with Crippen LogP contribution in [-0.4, -0.2) is 57.0 Å². The normalized spacial score (nSPS) is 23.4. The number of hydrogen-bond acceptors (Lipinski definition) is 4. The van der Waals surface area contributed by atoms with Crippen molar-refractivity contribution in [1.29, 1.82) is 0 Å². The fourth-order valence-electron chi connectivity index (χ4n) is 2.08. The van der Waals surface area contributed by atoms with Crippen molar-refractivity contribution in [3.05, 3.63) is 18.0 Å². The Morgan fingerprint density at radius 1 is 1.53 bits per heavy atom. The zero-order valence-corrected chi connectivity index (χ0v) is 10.9. The van der Waals surface area contributed by atoms with Crippen LogP contribution in [0.5, 0.6) is 0 Å². The third kappa shape index (κ3) is 2.93. The molecule has 2 rings (SSSR count). The van der Waals surface area contributed by atoms with Gasteiger partial charge >= 0.3 is 5.97 Å². The lowest BCUT2D eigenvalue weighted by molar-refractivity contribution is -0.160. The number of carbonyl (C=O) groups excluding carboxylic acids is 1. The lowest BCUT2D eigenvalue weighted by Gasteiger charge is -2.34. The number of carboxylic acids is 1. The van der Waals surface area contributed by atoms with E-state index in [4.69, 9.17) is 9.84 Å². The minimum Gasteiger partial charge on any atom is -0.479 e. The molecule has 1 aromatic rings. The Morgan fingerprint density at radius 2 is 2.26 bits per heavy atom. The van der Waals surface area contributed by atoms with Crippen LogP contribution in [0.4, 0.5) is 0 Å². The zero-order valence-electron chi connectivity index (χ0n) is 10.9. The van der Waals surface area contributed by atoms with Gasteiger partial charge in [-0.25, -0.2) is 4.79 Å². The molecule has 7 heteroatoms. The average Bonchev–Trinajstić information content (AvgIpc) is 2.85. The molecule has 1 saturated heterocycles. The molecule has 1 aliphatic heterocycles. The summed E-state index contributed by atoms with van der Waals surface area (Å²) in [5.74, 6) is -1.25. The summed E-state index contributed by atoms with van der Waals surface area (Å²) in [5, 5.41) is 13.0. The first-order chi connectivity index (χ1) is 9.01. The number of rotatable bonds is 3. The summed E-state index contributed by atoms with van der Waals surface area (Å²) in [5.41, 5.74) is 0.472. The van der Waals surface area contributed by atoms with Crippen molar-refractivity contribution in [3.63, 3.8) is 0 Å². The fraction of sp³-hybridized carbons (Fsp3) is 0.583. The van der Waals surface area contributed by atoms with E-state index >= 15 is 0 Å². The van der Waals surface area contributed by atoms with E-state index in [0.29, 0.717) is 18.7 Å². The van der Waals surface area contributed by atoms with Gasteiger partial charge in [0, 0.05) is 19.3 Å². The molecule has 0 radical (unpaired) electrons. The van der Waals surface area contributed by atoms with E-state index in [1.54, 1.807) is 17.8 Å². The summed E-state index contributed by atoms with van der Waals surface area (Å²) >= 11 is 0. The summed E-state index contributed by atoms with van der Waals surface area (Å²) in [6.45, 7) is 4.82. The number of morpholine rings is 1. The Balaban J connectivity index is 2.11. The Hall–Kier alpha value is -1.89. The molecule has 0 spiro atoms. The largest absolute Gasteiger partial charge is 0.479 e. The number of aryl methyl sites for hydroxylation is 1. The maximum atomic E-state index is 12.3. The Bertz CT molecular complexity index is 485. The van der Waals surface area contributed by atoms with Crippen LogP contribution in [-0.2, 0) is 16.1 Å². The van der Waals surface area contributed by atoms with Gasteiger partial charge in [0.05, 0.1) is 24.4 Å². The van der Waals surface area contributed by atoms with Crippen LogP contribution in [0.15, 0.2) is 12.4 Å². The van der Waals surface area contributed by atoms with E-state index in [2.05, 4.69) is 5.10 Å². The van der Waals surface area contributed by atoms with Gasteiger partial charge in [-0.15, -0.1) is 0 Å². The van der Waals surface area contributed by atoms with Gasteiger partial charge < -0.3 is 14.7 Å². The highest BCUT2D eigenvalue weighted by Gasteiger charge is 2.33. The van der Waals surface area contributed by atoms with E-state index < -0.39 is 12.1 Å². The molecule has 2 atom stereocenters. The quantitative estimate of drug-likeness (QED) is 0.846. The van der Waals surface area contributed by atoms with Gasteiger partial charge in [-0.05, 0) is 13.8 Å². The molecule has 104 valence electrons. The van der Waals surface area contributed by atoms with Gasteiger partial charge in [0.25, 0.3) is 5.91 Å². The summed E-state index contributed by atoms with van der Waals surface area (Å²) in [6.07, 6.45) is 1.91. The van der Waals surface area contributed by atoms with Crippen LogP contribution in [0.3, 0.4) is 0 Å². The van der Waals surface area contributed by atoms with Crippen LogP contribution in [0.1, 0.15) is 24.2 Å². The van der Waals surface area contributed by atoms with Crippen molar-refractivity contribution in [2.45, 2.75) is 32.6 Å². The monoisotopic (exact) mass is 267 g/mol. The number of amides is 1. The molecule has 1 unspecified atom stereocenters. The first-order valence-electron chi connectivity index (χ1n) is 6.21. The number of carboxylic acid groups (broad SMARTS) is 1. The molecular formula is C12H17N3O4. The highest BCUT2D eigenvalue weighted by atomic mass is 16.5. The van der Waals surface area contributed by atoms with Crippen molar-refractivity contribution in [2.75, 3.05) is 13.1 Å². The first-order valence-corrected chi connectivity index (χ1v) is 6.21. The second kappa shape index (κ2) is 5.40. The third-order valence-electron chi connectivity index (χ3n) is 3.03. The maximum Gasteiger partial charge on any atom is 0.334 e. The molecule has 1 amide bonds. The van der Waals surface area contributed by atoms with Crippen LogP contribution < -0.4 is 0 Å². The van der Waals surface area contributed by atoms with Gasteiger partial charge in [-0.1, -0.05) is 0 Å². The Morgan fingerprint density at radius 3 is 2.84 bits per heavy atom. The summed E-state index contributed by atoms with van der Waals surface area (Å²) in [6, 6.07) is 0. The van der Waals surface area contributed by atoms with Crippen molar-refractivity contribution in [3.8, 4) is 0 Å². The van der Waals surface area contributed by atoms with Gasteiger partial charge in [0.2, 0.25) is 0 Å². The zero-order chi connectivity index (χ0) is 14.0. The molecule has 0 aliphatic carbocycles. The van der Waals surface area contributed by atoms with Crippen molar-refractivity contribution >= 4 is 11.9 Å². The van der Waals surface area contributed by atoms with Crippen LogP contribution in [0, 0.1) is 0 Å². The molecule has 19 heavy (non-hydrogen) atoms. The van der Waals surface area contributed by atoms with Crippen molar-refractivity contribution < 1.29 is 19.4 Å². The average molecular weight is 267 g/mol. The number of ether oxygens (including phenoxy) is 1. The topological polar surface area (TPSA) is 84.7 Å². The minimum absolute atomic E-state index is 0.0653. The highest BCUT2D eigenvalue weighted by molar-refractivity contribution is 5.94. The maximum absolute atomic E-state index is 12.3. The van der Waals surface area contributed by atoms with Gasteiger partial charge in [0.1, 0.15) is 0 Å². The number of hydrogen-bond donors (Lipinski definition) is 1. The molecular weight excluding hydrogens is 250 g/mol. The fourth-order valence-corrected chi connectivity index (χ4v) is 2.08. The van der Waals surface area contributed by atoms with Crippen LogP contribution >= 0.6 is 0 Å². The summed E-state index contributed by atoms with van der Waals surface area (Å²) < 4.78 is 6.93. The predicted octanol–water partition coefficient (Wildman–Crippen LogP) is 0.217. The highest BCUT2D eigenvalue weighted by Crippen LogP contribution is 2.14. The van der Waals surface area contributed by atoms with E-state index in [1.807, 2.05) is 6.92 Å². The van der Waals surface area contributed by atoms with Crippen molar-refractivity contribution in [1.82, 2.24) is 14.7 Å². The molecule has 0 bridgehead atoms. The predicted molar refractivity (Wildman–Crippen MR) is 65.8 cm³/mol. The molecule has 0 saturated carbocycles. The van der Waals surface area contributed by atoms with Gasteiger partial charge in [-0.2, -0.15) is 5.10 Å². The standard InChI is InChI=1S/C12H17N3O4/c1-3-15-6-9(4-13-15)11(16)14-5-8(2)19-10(7-14)12(17)18/h4,6,8,10H,3,5,7H2,1-2H3,(H,17,18)/t8-,10?/m1/s1. The van der Waals surface area contributed by atoms with Crippen LogP contribution in [0.25, 0.3) is 0 Å². The molecule has 1 N–H and O–H groups in total. The number of nitrogens with zero attached hydrogens (tertiary/aromatic N) is 3. The third-order valence-corrected chi connectivity index (χ3v) is 3.03. The van der Waals surface area contributed by atoms with E-state index in [1.165, 1.54) is 11.1 Å². The molecule has 1 fully saturated rings. The summed E-state index contributed by atoms with van der Waals surface area (Å²) in [7, 11) is 0. The first kappa shape index (κ1) is 13.5. The lowest BCUT2D eigenvalue weighted by atomic mass is 10.2. The number of aliphatic carboxylic acids is 1. The van der Waals surface area contributed by atoms with Gasteiger partial charge in [0.15, 0.2) is 6.10 Å². The Kier molecular flexibility index (Phi) is 3.84. The second-order valence-corrected chi connectivity index (χ2v) is 4.57. The molecule has 1 aliphatic rings. The molecule has 2 heterocycles.